The van der Waals surface area contributed by atoms with E-state index in [-0.39, 0.29) is 21.1 Å². The van der Waals surface area contributed by atoms with Crippen molar-refractivity contribution in [1.29, 1.82) is 0 Å². The van der Waals surface area contributed by atoms with Crippen LogP contribution in [0, 0.1) is 12.1 Å². The Morgan fingerprint density at radius 1 is 0.641 bits per heavy atom. The second-order valence-corrected chi connectivity index (χ2v) is 9.31. The smallest absolute Gasteiger partial charge is 0.497 e. The quantitative estimate of drug-likeness (QED) is 0.138. The van der Waals surface area contributed by atoms with E-state index in [1.54, 1.807) is 0 Å². The van der Waals surface area contributed by atoms with Crippen LogP contribution < -0.4 is 4.74 Å². The van der Waals surface area contributed by atoms with E-state index in [1.165, 1.54) is 0 Å². The van der Waals surface area contributed by atoms with E-state index in [2.05, 4.69) is 59.6 Å². The first-order valence-corrected chi connectivity index (χ1v) is 12.4. The maximum absolute atomic E-state index is 6.23. The number of aromatic nitrogens is 2. The van der Waals surface area contributed by atoms with Crippen molar-refractivity contribution < 1.29 is 30.2 Å². The Balaban J connectivity index is 0.00000253. The molecule has 39 heavy (non-hydrogen) atoms. The zero-order valence-corrected chi connectivity index (χ0v) is 22.7. The molecule has 8 aromatic rings. The summed E-state index contributed by atoms with van der Waals surface area (Å²) in [5, 5.41) is 7.26. The van der Waals surface area contributed by atoms with E-state index in [9.17, 15) is 0 Å². The first kappa shape index (κ1) is 23.6. The number of nitrogens with zero attached hydrogens (tertiary/aromatic N) is 2. The maximum atomic E-state index is 6.23. The number of furan rings is 1. The Labute approximate surface area is 238 Å². The second kappa shape index (κ2) is 9.34. The second-order valence-electron chi connectivity index (χ2n) is 9.31. The number of benzene rings is 5. The molecule has 5 aromatic carbocycles. The van der Waals surface area contributed by atoms with Crippen molar-refractivity contribution in [2.45, 2.75) is 0 Å². The van der Waals surface area contributed by atoms with Gasteiger partial charge in [-0.2, -0.15) is 0 Å². The molecule has 4 nitrogen and oxygen atoms in total. The Hall–Kier alpha value is -4.53. The van der Waals surface area contributed by atoms with Gasteiger partial charge >= 0.3 is 21.1 Å². The van der Waals surface area contributed by atoms with Gasteiger partial charge < -0.3 is 14.1 Å². The molecule has 0 saturated carbocycles. The summed E-state index contributed by atoms with van der Waals surface area (Å²) < 4.78 is 12.3. The van der Waals surface area contributed by atoms with Crippen LogP contribution in [0.2, 0.25) is 0 Å². The summed E-state index contributed by atoms with van der Waals surface area (Å²) in [7, 11) is 0. The number of hydrogen-bond donors (Lipinski definition) is 0. The Bertz CT molecular complexity index is 2180. The fraction of sp³-hybridized carbons (Fsp3) is 0. The molecule has 0 bridgehead atoms. The van der Waals surface area contributed by atoms with E-state index in [0.717, 1.165) is 60.1 Å². The predicted octanol–water partition coefficient (Wildman–Crippen LogP) is 8.89. The molecule has 0 atom stereocenters. The number of para-hydroxylation sites is 1. The molecule has 0 aliphatic carbocycles. The molecule has 8 rings (SSSR count). The fourth-order valence-electron chi connectivity index (χ4n) is 5.06. The summed E-state index contributed by atoms with van der Waals surface area (Å²) in [5.41, 5.74) is 4.00. The van der Waals surface area contributed by atoms with Crippen molar-refractivity contribution >= 4 is 54.5 Å². The van der Waals surface area contributed by atoms with Crippen LogP contribution in [0.4, 0.5) is 0 Å². The molecule has 0 spiro atoms. The number of fused-ring (bicyclic) bond motifs is 7. The first-order chi connectivity index (χ1) is 18.8. The molecule has 0 unspecified atom stereocenters. The van der Waals surface area contributed by atoms with E-state index in [0.29, 0.717) is 17.2 Å². The van der Waals surface area contributed by atoms with Gasteiger partial charge in [0.05, 0.1) is 0 Å². The van der Waals surface area contributed by atoms with Crippen molar-refractivity contribution in [3.05, 3.63) is 121 Å². The van der Waals surface area contributed by atoms with Gasteiger partial charge in [-0.05, 0) is 39.5 Å². The SMILES string of the molecule is [Pt+2].[c-]1c(Oc2[c-]c3c(cc2)ccc2cc4c(nc23)oc2ccccc24)cccc1-c1cc2ccccc2cn1. The van der Waals surface area contributed by atoms with Crippen LogP contribution in [0.5, 0.6) is 11.5 Å². The third-order valence-electron chi connectivity index (χ3n) is 6.93. The van der Waals surface area contributed by atoms with Crippen molar-refractivity contribution in [2.24, 2.45) is 0 Å². The molecule has 0 aliphatic rings. The van der Waals surface area contributed by atoms with E-state index in [4.69, 9.17) is 14.1 Å². The average Bonchev–Trinajstić information content (AvgIpc) is 3.33. The van der Waals surface area contributed by atoms with Gasteiger partial charge in [0.25, 0.3) is 0 Å². The molecule has 0 aliphatic heterocycles. The third-order valence-corrected chi connectivity index (χ3v) is 6.93. The topological polar surface area (TPSA) is 48.2 Å². The summed E-state index contributed by atoms with van der Waals surface area (Å²) in [6.07, 6.45) is 1.89. The van der Waals surface area contributed by atoms with Gasteiger partial charge in [-0.25, -0.2) is 0 Å². The van der Waals surface area contributed by atoms with Crippen LogP contribution in [-0.2, 0) is 21.1 Å². The van der Waals surface area contributed by atoms with Gasteiger partial charge in [0.1, 0.15) is 5.58 Å². The van der Waals surface area contributed by atoms with Crippen molar-refractivity contribution in [3.63, 3.8) is 0 Å². The Morgan fingerprint density at radius 3 is 2.38 bits per heavy atom. The normalized spacial score (nSPS) is 11.4. The molecular formula is C34H18N2O2Pt. The Kier molecular flexibility index (Phi) is 5.64. The third kappa shape index (κ3) is 4.05. The summed E-state index contributed by atoms with van der Waals surface area (Å²) in [5.74, 6) is 1.19. The van der Waals surface area contributed by atoms with Crippen molar-refractivity contribution in [2.75, 3.05) is 0 Å². The van der Waals surface area contributed by atoms with Crippen LogP contribution in [0.3, 0.4) is 0 Å². The van der Waals surface area contributed by atoms with Crippen molar-refractivity contribution in [3.8, 4) is 22.8 Å². The zero-order valence-electron chi connectivity index (χ0n) is 20.4. The number of rotatable bonds is 3. The number of pyridine rings is 2. The van der Waals surface area contributed by atoms with Crippen LogP contribution in [0.1, 0.15) is 0 Å². The molecule has 3 heterocycles. The van der Waals surface area contributed by atoms with E-state index < -0.39 is 0 Å². The number of ether oxygens (including phenoxy) is 1. The standard InChI is InChI=1S/C34H18N2O2.Pt/c1-2-7-25-20-35-31(18-22(25)6-1)23-8-5-9-26(16-23)37-27-15-14-21-12-13-24-17-30-28-10-3-4-11-32(28)38-34(30)36-33(24)29(21)19-27;/h1-15,17-18,20H;/q-2;+2. The monoisotopic (exact) mass is 681 g/mol. The van der Waals surface area contributed by atoms with E-state index >= 15 is 0 Å². The van der Waals surface area contributed by atoms with Crippen LogP contribution >= 0.6 is 0 Å². The van der Waals surface area contributed by atoms with Crippen LogP contribution in [0.25, 0.3) is 65.8 Å². The molecular weight excluding hydrogens is 663 g/mol. The largest absolute Gasteiger partial charge is 2.00 e. The maximum Gasteiger partial charge on any atom is 2.00 e. The first-order valence-electron chi connectivity index (χ1n) is 12.4. The summed E-state index contributed by atoms with van der Waals surface area (Å²) in [6.45, 7) is 0. The molecule has 0 radical (unpaired) electrons. The van der Waals surface area contributed by atoms with Gasteiger partial charge in [0.15, 0.2) is 0 Å². The molecule has 0 saturated heterocycles. The van der Waals surface area contributed by atoms with Crippen LogP contribution in [-0.4, -0.2) is 9.97 Å². The molecule has 0 fully saturated rings. The van der Waals surface area contributed by atoms with Crippen molar-refractivity contribution in [1.82, 2.24) is 9.97 Å². The van der Waals surface area contributed by atoms with Gasteiger partial charge in [-0.1, -0.05) is 72.8 Å². The predicted molar refractivity (Wildman–Crippen MR) is 151 cm³/mol. The summed E-state index contributed by atoms with van der Waals surface area (Å²) in [4.78, 5) is 9.53. The molecule has 0 N–H and O–H groups in total. The average molecular weight is 682 g/mol. The molecule has 186 valence electrons. The van der Waals surface area contributed by atoms with Gasteiger partial charge in [0.2, 0.25) is 5.71 Å². The molecule has 3 aromatic heterocycles. The zero-order chi connectivity index (χ0) is 25.1. The Morgan fingerprint density at radius 2 is 1.44 bits per heavy atom. The minimum Gasteiger partial charge on any atom is -0.497 e. The molecule has 5 heteroatoms. The summed E-state index contributed by atoms with van der Waals surface area (Å²) >= 11 is 0. The van der Waals surface area contributed by atoms with Crippen LogP contribution in [0.15, 0.2) is 114 Å². The van der Waals surface area contributed by atoms with Gasteiger partial charge in [-0.15, -0.1) is 46.7 Å². The molecule has 0 amide bonds. The van der Waals surface area contributed by atoms with Gasteiger partial charge in [0, 0.05) is 28.5 Å². The fourth-order valence-corrected chi connectivity index (χ4v) is 5.06. The minimum atomic E-state index is 0. The minimum absolute atomic E-state index is 0. The van der Waals surface area contributed by atoms with E-state index in [1.807, 2.05) is 66.9 Å². The van der Waals surface area contributed by atoms with Gasteiger partial charge in [-0.3, -0.25) is 4.98 Å². The summed E-state index contributed by atoms with van der Waals surface area (Å²) in [6, 6.07) is 41.2. The number of hydrogen-bond acceptors (Lipinski definition) is 4.